The molecule has 5 nitrogen and oxygen atoms in total. The van der Waals surface area contributed by atoms with E-state index in [1.165, 1.54) is 10.4 Å². The SMILES string of the molecule is Cc1ccc(S(=O)(=O)N2CCCC(O)C2)cc1N. The highest BCUT2D eigenvalue weighted by Crippen LogP contribution is 2.23. The molecular weight excluding hydrogens is 252 g/mol. The van der Waals surface area contributed by atoms with Crippen LogP contribution in [-0.4, -0.2) is 37.0 Å². The maximum Gasteiger partial charge on any atom is 0.243 e. The summed E-state index contributed by atoms with van der Waals surface area (Å²) in [7, 11) is -3.54. The van der Waals surface area contributed by atoms with Gasteiger partial charge >= 0.3 is 0 Å². The number of nitrogens with zero attached hydrogens (tertiary/aromatic N) is 1. The van der Waals surface area contributed by atoms with Crippen molar-refractivity contribution < 1.29 is 13.5 Å². The third kappa shape index (κ3) is 2.50. The summed E-state index contributed by atoms with van der Waals surface area (Å²) in [6.07, 6.45) is 0.764. The smallest absolute Gasteiger partial charge is 0.243 e. The summed E-state index contributed by atoms with van der Waals surface area (Å²) in [5.41, 5.74) is 7.06. The Hall–Kier alpha value is -1.11. The van der Waals surface area contributed by atoms with E-state index in [0.717, 1.165) is 5.56 Å². The number of hydrogen-bond acceptors (Lipinski definition) is 4. The molecule has 2 rings (SSSR count). The largest absolute Gasteiger partial charge is 0.398 e. The summed E-state index contributed by atoms with van der Waals surface area (Å²) in [5.74, 6) is 0. The Bertz CT molecular complexity index is 542. The zero-order valence-electron chi connectivity index (χ0n) is 10.3. The quantitative estimate of drug-likeness (QED) is 0.776. The van der Waals surface area contributed by atoms with E-state index in [1.807, 2.05) is 6.92 Å². The molecule has 3 N–H and O–H groups in total. The summed E-state index contributed by atoms with van der Waals surface area (Å²) in [5, 5.41) is 9.56. The molecule has 0 aromatic heterocycles. The maximum absolute atomic E-state index is 12.4. The average molecular weight is 270 g/mol. The van der Waals surface area contributed by atoms with Crippen LogP contribution in [0.15, 0.2) is 23.1 Å². The minimum absolute atomic E-state index is 0.163. The van der Waals surface area contributed by atoms with Crippen molar-refractivity contribution in [3.63, 3.8) is 0 Å². The third-order valence-corrected chi connectivity index (χ3v) is 5.11. The molecule has 0 spiro atoms. The van der Waals surface area contributed by atoms with Crippen LogP contribution in [0, 0.1) is 6.92 Å². The zero-order chi connectivity index (χ0) is 13.3. The van der Waals surface area contributed by atoms with Crippen LogP contribution in [0.5, 0.6) is 0 Å². The maximum atomic E-state index is 12.4. The normalized spacial score (nSPS) is 22.0. The number of nitrogens with two attached hydrogens (primary N) is 1. The monoisotopic (exact) mass is 270 g/mol. The first kappa shape index (κ1) is 13.3. The topological polar surface area (TPSA) is 83.6 Å². The van der Waals surface area contributed by atoms with Crippen LogP contribution in [0.25, 0.3) is 0 Å². The molecule has 0 radical (unpaired) electrons. The zero-order valence-corrected chi connectivity index (χ0v) is 11.2. The van der Waals surface area contributed by atoms with Gasteiger partial charge in [-0.05, 0) is 37.5 Å². The van der Waals surface area contributed by atoms with Gasteiger partial charge in [-0.2, -0.15) is 4.31 Å². The fourth-order valence-electron chi connectivity index (χ4n) is 2.07. The van der Waals surface area contributed by atoms with Crippen molar-refractivity contribution in [1.82, 2.24) is 4.31 Å². The first-order valence-electron chi connectivity index (χ1n) is 5.95. The van der Waals surface area contributed by atoms with Crippen LogP contribution in [0.4, 0.5) is 5.69 Å². The Labute approximate surface area is 107 Å². The number of nitrogen functional groups attached to an aromatic ring is 1. The van der Waals surface area contributed by atoms with E-state index in [0.29, 0.717) is 25.1 Å². The Kier molecular flexibility index (Phi) is 3.61. The molecule has 18 heavy (non-hydrogen) atoms. The minimum Gasteiger partial charge on any atom is -0.398 e. The second kappa shape index (κ2) is 4.87. The van der Waals surface area contributed by atoms with Crippen molar-refractivity contribution in [1.29, 1.82) is 0 Å². The molecule has 1 aromatic rings. The molecule has 1 unspecified atom stereocenters. The van der Waals surface area contributed by atoms with Crippen molar-refractivity contribution >= 4 is 15.7 Å². The first-order valence-corrected chi connectivity index (χ1v) is 7.39. The molecule has 0 amide bonds. The molecule has 0 saturated carbocycles. The Morgan fingerprint density at radius 2 is 2.17 bits per heavy atom. The highest BCUT2D eigenvalue weighted by molar-refractivity contribution is 7.89. The van der Waals surface area contributed by atoms with E-state index in [1.54, 1.807) is 12.1 Å². The van der Waals surface area contributed by atoms with Crippen LogP contribution in [-0.2, 0) is 10.0 Å². The van der Waals surface area contributed by atoms with Crippen molar-refractivity contribution in [2.75, 3.05) is 18.8 Å². The lowest BCUT2D eigenvalue weighted by atomic mass is 10.1. The summed E-state index contributed by atoms with van der Waals surface area (Å²) in [4.78, 5) is 0.194. The third-order valence-electron chi connectivity index (χ3n) is 3.25. The van der Waals surface area contributed by atoms with E-state index in [4.69, 9.17) is 5.73 Å². The molecule has 1 heterocycles. The Morgan fingerprint density at radius 3 is 2.78 bits per heavy atom. The van der Waals surface area contributed by atoms with E-state index in [2.05, 4.69) is 0 Å². The summed E-state index contributed by atoms with van der Waals surface area (Å²) in [6, 6.07) is 4.73. The van der Waals surface area contributed by atoms with Crippen LogP contribution >= 0.6 is 0 Å². The van der Waals surface area contributed by atoms with Gasteiger partial charge in [0.05, 0.1) is 11.0 Å². The van der Waals surface area contributed by atoms with Crippen molar-refractivity contribution in [3.8, 4) is 0 Å². The van der Waals surface area contributed by atoms with Gasteiger partial charge in [-0.3, -0.25) is 0 Å². The lowest BCUT2D eigenvalue weighted by Gasteiger charge is -2.29. The van der Waals surface area contributed by atoms with E-state index in [9.17, 15) is 13.5 Å². The molecule has 1 aliphatic rings. The van der Waals surface area contributed by atoms with Crippen molar-refractivity contribution in [2.45, 2.75) is 30.8 Å². The number of aliphatic hydroxyl groups is 1. The molecular formula is C12H18N2O3S. The predicted molar refractivity (Wildman–Crippen MR) is 69.6 cm³/mol. The summed E-state index contributed by atoms with van der Waals surface area (Å²) in [6.45, 7) is 2.44. The van der Waals surface area contributed by atoms with Gasteiger partial charge in [0.1, 0.15) is 0 Å². The minimum atomic E-state index is -3.54. The predicted octanol–water partition coefficient (Wildman–Crippen LogP) is 0.723. The lowest BCUT2D eigenvalue weighted by Crippen LogP contribution is -2.42. The van der Waals surface area contributed by atoms with E-state index < -0.39 is 16.1 Å². The molecule has 1 saturated heterocycles. The fraction of sp³-hybridized carbons (Fsp3) is 0.500. The Morgan fingerprint density at radius 1 is 1.44 bits per heavy atom. The molecule has 0 aliphatic carbocycles. The van der Waals surface area contributed by atoms with Gasteiger partial charge in [-0.25, -0.2) is 8.42 Å². The number of anilines is 1. The number of aryl methyl sites for hydroxylation is 1. The molecule has 6 heteroatoms. The molecule has 100 valence electrons. The first-order chi connectivity index (χ1) is 8.41. The number of hydrogen-bond donors (Lipinski definition) is 2. The van der Waals surface area contributed by atoms with Crippen LogP contribution < -0.4 is 5.73 Å². The van der Waals surface area contributed by atoms with E-state index in [-0.39, 0.29) is 11.4 Å². The highest BCUT2D eigenvalue weighted by Gasteiger charge is 2.29. The summed E-state index contributed by atoms with van der Waals surface area (Å²) < 4.78 is 26.0. The second-order valence-corrected chi connectivity index (χ2v) is 6.62. The van der Waals surface area contributed by atoms with Gasteiger partial charge in [-0.15, -0.1) is 0 Å². The Balaban J connectivity index is 2.32. The fourth-order valence-corrected chi connectivity index (χ4v) is 3.62. The van der Waals surface area contributed by atoms with Crippen LogP contribution in [0.3, 0.4) is 0 Å². The number of benzene rings is 1. The molecule has 1 fully saturated rings. The van der Waals surface area contributed by atoms with Crippen molar-refractivity contribution in [2.24, 2.45) is 0 Å². The lowest BCUT2D eigenvalue weighted by molar-refractivity contribution is 0.108. The molecule has 1 aromatic carbocycles. The van der Waals surface area contributed by atoms with Crippen molar-refractivity contribution in [3.05, 3.63) is 23.8 Å². The number of piperidine rings is 1. The molecule has 1 aliphatic heterocycles. The number of sulfonamides is 1. The van der Waals surface area contributed by atoms with E-state index >= 15 is 0 Å². The molecule has 0 bridgehead atoms. The average Bonchev–Trinajstić information content (AvgIpc) is 2.32. The highest BCUT2D eigenvalue weighted by atomic mass is 32.2. The van der Waals surface area contributed by atoms with Gasteiger partial charge in [0.2, 0.25) is 10.0 Å². The van der Waals surface area contributed by atoms with Gasteiger partial charge in [-0.1, -0.05) is 6.07 Å². The second-order valence-electron chi connectivity index (χ2n) is 4.68. The molecule has 1 atom stereocenters. The van der Waals surface area contributed by atoms with Gasteiger partial charge in [0.15, 0.2) is 0 Å². The van der Waals surface area contributed by atoms with Crippen LogP contribution in [0.2, 0.25) is 0 Å². The number of β-amino-alcohol motifs (C(OH)–C–C–N with tert-alkyl or cyclic N) is 1. The number of rotatable bonds is 2. The standard InChI is InChI=1S/C12H18N2O3S/c1-9-4-5-11(7-12(9)13)18(16,17)14-6-2-3-10(15)8-14/h4-5,7,10,15H,2-3,6,8,13H2,1H3. The summed E-state index contributed by atoms with van der Waals surface area (Å²) >= 11 is 0. The van der Waals surface area contributed by atoms with Gasteiger partial charge in [0.25, 0.3) is 0 Å². The van der Waals surface area contributed by atoms with Gasteiger partial charge < -0.3 is 10.8 Å². The van der Waals surface area contributed by atoms with Crippen LogP contribution in [0.1, 0.15) is 18.4 Å². The number of aliphatic hydroxyl groups excluding tert-OH is 1. The van der Waals surface area contributed by atoms with Gasteiger partial charge in [0, 0.05) is 18.8 Å².